The number of carbonyl (C=O) groups is 2. The highest BCUT2D eigenvalue weighted by Crippen LogP contribution is 2.04. The van der Waals surface area contributed by atoms with Crippen LogP contribution in [0.5, 0.6) is 0 Å². The number of ketones is 1. The van der Waals surface area contributed by atoms with E-state index < -0.39 is 12.0 Å². The Morgan fingerprint density at radius 3 is 2.50 bits per heavy atom. The summed E-state index contributed by atoms with van der Waals surface area (Å²) in [7, 11) is 1.21. The molecule has 0 heterocycles. The van der Waals surface area contributed by atoms with E-state index in [0.717, 1.165) is 5.56 Å². The summed E-state index contributed by atoms with van der Waals surface area (Å²) in [6, 6.07) is 8.41. The molecule has 0 bridgehead atoms. The summed E-state index contributed by atoms with van der Waals surface area (Å²) in [5.74, 6) is -0.978. The highest BCUT2D eigenvalue weighted by molar-refractivity contribution is 6.02. The standard InChI is InChI=1S/C12H15NO3/c1-16-12(15)11(13)10(14)8-7-9-5-3-2-4-6-9/h2-6,11H,7-8,13H2,1H3. The van der Waals surface area contributed by atoms with Gasteiger partial charge < -0.3 is 10.5 Å². The quantitative estimate of drug-likeness (QED) is 0.586. The maximum absolute atomic E-state index is 11.5. The van der Waals surface area contributed by atoms with Crippen molar-refractivity contribution in [2.45, 2.75) is 18.9 Å². The van der Waals surface area contributed by atoms with Gasteiger partial charge in [0.1, 0.15) is 0 Å². The van der Waals surface area contributed by atoms with E-state index in [2.05, 4.69) is 4.74 Å². The van der Waals surface area contributed by atoms with Crippen LogP contribution < -0.4 is 5.73 Å². The van der Waals surface area contributed by atoms with E-state index in [1.54, 1.807) is 0 Å². The number of esters is 1. The molecule has 4 heteroatoms. The molecule has 1 atom stereocenters. The molecular weight excluding hydrogens is 206 g/mol. The first-order valence-electron chi connectivity index (χ1n) is 5.05. The Labute approximate surface area is 94.4 Å². The van der Waals surface area contributed by atoms with E-state index in [1.165, 1.54) is 7.11 Å². The molecule has 0 aliphatic heterocycles. The number of benzene rings is 1. The smallest absolute Gasteiger partial charge is 0.330 e. The van der Waals surface area contributed by atoms with Crippen molar-refractivity contribution in [3.05, 3.63) is 35.9 Å². The van der Waals surface area contributed by atoms with Crippen LogP contribution in [0.15, 0.2) is 30.3 Å². The summed E-state index contributed by atoms with van der Waals surface area (Å²) in [6.07, 6.45) is 0.838. The molecule has 4 nitrogen and oxygen atoms in total. The first-order valence-corrected chi connectivity index (χ1v) is 5.05. The minimum Gasteiger partial charge on any atom is -0.468 e. The van der Waals surface area contributed by atoms with Crippen LogP contribution in [0, 0.1) is 0 Å². The van der Waals surface area contributed by atoms with Crippen molar-refractivity contribution < 1.29 is 14.3 Å². The van der Waals surface area contributed by atoms with Crippen LogP contribution in [-0.4, -0.2) is 24.9 Å². The van der Waals surface area contributed by atoms with E-state index in [4.69, 9.17) is 5.73 Å². The van der Waals surface area contributed by atoms with Crippen LogP contribution in [0.4, 0.5) is 0 Å². The predicted molar refractivity (Wildman–Crippen MR) is 59.8 cm³/mol. The highest BCUT2D eigenvalue weighted by atomic mass is 16.5. The molecule has 0 aromatic heterocycles. The Kier molecular flexibility index (Phi) is 4.66. The zero-order chi connectivity index (χ0) is 12.0. The van der Waals surface area contributed by atoms with Gasteiger partial charge in [0.15, 0.2) is 11.8 Å². The molecule has 16 heavy (non-hydrogen) atoms. The van der Waals surface area contributed by atoms with Gasteiger partial charge in [-0.2, -0.15) is 0 Å². The lowest BCUT2D eigenvalue weighted by molar-refractivity contribution is -0.145. The summed E-state index contributed by atoms with van der Waals surface area (Å²) in [5.41, 5.74) is 6.46. The van der Waals surface area contributed by atoms with Crippen molar-refractivity contribution in [2.75, 3.05) is 7.11 Å². The summed E-state index contributed by atoms with van der Waals surface area (Å²) in [6.45, 7) is 0. The van der Waals surface area contributed by atoms with Gasteiger partial charge in [-0.05, 0) is 12.0 Å². The number of rotatable bonds is 5. The number of hydrogen-bond donors (Lipinski definition) is 1. The second kappa shape index (κ2) is 6.02. The second-order valence-corrected chi connectivity index (χ2v) is 3.45. The van der Waals surface area contributed by atoms with Gasteiger partial charge in [-0.1, -0.05) is 30.3 Å². The van der Waals surface area contributed by atoms with E-state index in [0.29, 0.717) is 6.42 Å². The lowest BCUT2D eigenvalue weighted by Crippen LogP contribution is -2.39. The molecule has 0 aliphatic rings. The first kappa shape index (κ1) is 12.4. The molecule has 2 N–H and O–H groups in total. The van der Waals surface area contributed by atoms with Crippen molar-refractivity contribution in [2.24, 2.45) is 5.73 Å². The van der Waals surface area contributed by atoms with E-state index in [1.807, 2.05) is 30.3 Å². The number of carbonyl (C=O) groups excluding carboxylic acids is 2. The molecular formula is C12H15NO3. The Balaban J connectivity index is 2.44. The van der Waals surface area contributed by atoms with Gasteiger partial charge in [-0.15, -0.1) is 0 Å². The van der Waals surface area contributed by atoms with E-state index >= 15 is 0 Å². The second-order valence-electron chi connectivity index (χ2n) is 3.45. The molecule has 1 unspecified atom stereocenters. The van der Waals surface area contributed by atoms with Crippen LogP contribution in [-0.2, 0) is 20.7 Å². The van der Waals surface area contributed by atoms with Crippen LogP contribution in [0.2, 0.25) is 0 Å². The van der Waals surface area contributed by atoms with Crippen molar-refractivity contribution in [1.29, 1.82) is 0 Å². The molecule has 86 valence electrons. The number of aryl methyl sites for hydroxylation is 1. The lowest BCUT2D eigenvalue weighted by Gasteiger charge is -2.07. The molecule has 0 saturated carbocycles. The monoisotopic (exact) mass is 221 g/mol. The summed E-state index contributed by atoms with van der Waals surface area (Å²) < 4.78 is 4.40. The highest BCUT2D eigenvalue weighted by Gasteiger charge is 2.21. The molecule has 0 aliphatic carbocycles. The molecule has 1 rings (SSSR count). The fourth-order valence-electron chi connectivity index (χ4n) is 1.33. The third kappa shape index (κ3) is 3.47. The van der Waals surface area contributed by atoms with Gasteiger partial charge in [-0.25, -0.2) is 4.79 Å². The average molecular weight is 221 g/mol. The molecule has 1 aromatic carbocycles. The summed E-state index contributed by atoms with van der Waals surface area (Å²) >= 11 is 0. The summed E-state index contributed by atoms with van der Waals surface area (Å²) in [4.78, 5) is 22.5. The van der Waals surface area contributed by atoms with Crippen molar-refractivity contribution in [3.8, 4) is 0 Å². The number of nitrogens with two attached hydrogens (primary N) is 1. The Morgan fingerprint density at radius 2 is 1.94 bits per heavy atom. The maximum atomic E-state index is 11.5. The Hall–Kier alpha value is -1.68. The minimum atomic E-state index is -1.16. The molecule has 0 spiro atoms. The Bertz CT molecular complexity index is 362. The van der Waals surface area contributed by atoms with Gasteiger partial charge in [-0.3, -0.25) is 4.79 Å². The molecule has 0 fully saturated rings. The number of methoxy groups -OCH3 is 1. The molecule has 0 amide bonds. The normalized spacial score (nSPS) is 11.9. The Morgan fingerprint density at radius 1 is 1.31 bits per heavy atom. The lowest BCUT2D eigenvalue weighted by atomic mass is 10.0. The van der Waals surface area contributed by atoms with Crippen LogP contribution in [0.3, 0.4) is 0 Å². The number of Topliss-reactive ketones (excluding diaryl/α,β-unsaturated/α-hetero) is 1. The molecule has 0 saturated heterocycles. The molecule has 1 aromatic rings. The van der Waals surface area contributed by atoms with Gasteiger partial charge >= 0.3 is 5.97 Å². The number of hydrogen-bond acceptors (Lipinski definition) is 4. The van der Waals surface area contributed by atoms with Crippen LogP contribution in [0.1, 0.15) is 12.0 Å². The van der Waals surface area contributed by atoms with Crippen molar-refractivity contribution in [1.82, 2.24) is 0 Å². The third-order valence-electron chi connectivity index (χ3n) is 2.30. The third-order valence-corrected chi connectivity index (χ3v) is 2.30. The zero-order valence-electron chi connectivity index (χ0n) is 9.18. The minimum absolute atomic E-state index is 0.250. The van der Waals surface area contributed by atoms with Gasteiger partial charge in [0, 0.05) is 6.42 Å². The maximum Gasteiger partial charge on any atom is 0.330 e. The van der Waals surface area contributed by atoms with Gasteiger partial charge in [0.05, 0.1) is 7.11 Å². The first-order chi connectivity index (χ1) is 7.65. The molecule has 0 radical (unpaired) electrons. The predicted octanol–water partition coefficient (Wildman–Crippen LogP) is 0.689. The van der Waals surface area contributed by atoms with Gasteiger partial charge in [0.25, 0.3) is 0 Å². The van der Waals surface area contributed by atoms with E-state index in [-0.39, 0.29) is 12.2 Å². The number of ether oxygens (including phenoxy) is 1. The average Bonchev–Trinajstić information content (AvgIpc) is 2.35. The van der Waals surface area contributed by atoms with Crippen molar-refractivity contribution >= 4 is 11.8 Å². The zero-order valence-corrected chi connectivity index (χ0v) is 9.18. The fraction of sp³-hybridized carbons (Fsp3) is 0.333. The van der Waals surface area contributed by atoms with E-state index in [9.17, 15) is 9.59 Å². The largest absolute Gasteiger partial charge is 0.468 e. The fourth-order valence-corrected chi connectivity index (χ4v) is 1.33. The summed E-state index contributed by atoms with van der Waals surface area (Å²) in [5, 5.41) is 0. The topological polar surface area (TPSA) is 69.4 Å². The SMILES string of the molecule is COC(=O)C(N)C(=O)CCc1ccccc1. The van der Waals surface area contributed by atoms with Crippen LogP contribution in [0.25, 0.3) is 0 Å². The van der Waals surface area contributed by atoms with Crippen LogP contribution >= 0.6 is 0 Å². The van der Waals surface area contributed by atoms with Gasteiger partial charge in [0.2, 0.25) is 0 Å². The van der Waals surface area contributed by atoms with Crippen molar-refractivity contribution in [3.63, 3.8) is 0 Å².